The van der Waals surface area contributed by atoms with Crippen LogP contribution >= 0.6 is 15.9 Å². The molecule has 0 spiro atoms. The molecule has 5 nitrogen and oxygen atoms in total. The van der Waals surface area contributed by atoms with Crippen molar-refractivity contribution in [3.05, 3.63) is 45.3 Å². The first-order valence-corrected chi connectivity index (χ1v) is 5.97. The van der Waals surface area contributed by atoms with Gasteiger partial charge >= 0.3 is 0 Å². The van der Waals surface area contributed by atoms with Crippen LogP contribution in [0.4, 0.5) is 5.69 Å². The molecule has 0 aliphatic heterocycles. The van der Waals surface area contributed by atoms with Crippen LogP contribution in [-0.2, 0) is 0 Å². The third kappa shape index (κ3) is 1.70. The minimum Gasteiger partial charge on any atom is -0.434 e. The standard InChI is InChI=1S/C12H8BrN3O2/c13-6-3-8(14)11-9(4-6)16-12(18-11)7-5-15-2-1-10(7)17/h1-5H,14H2,(H,15,17). The van der Waals surface area contributed by atoms with E-state index in [1.165, 1.54) is 6.07 Å². The van der Waals surface area contributed by atoms with Crippen LogP contribution in [-0.4, -0.2) is 9.97 Å². The van der Waals surface area contributed by atoms with Crippen LogP contribution in [0, 0.1) is 0 Å². The number of nitrogens with zero attached hydrogens (tertiary/aromatic N) is 1. The van der Waals surface area contributed by atoms with Crippen molar-refractivity contribution in [1.82, 2.24) is 9.97 Å². The number of hydrogen-bond donors (Lipinski definition) is 2. The molecule has 0 atom stereocenters. The van der Waals surface area contributed by atoms with Crippen LogP contribution < -0.4 is 11.2 Å². The largest absolute Gasteiger partial charge is 0.434 e. The molecule has 0 aliphatic carbocycles. The summed E-state index contributed by atoms with van der Waals surface area (Å²) in [7, 11) is 0. The second kappa shape index (κ2) is 3.99. The van der Waals surface area contributed by atoms with Crippen molar-refractivity contribution < 1.29 is 4.42 Å². The Morgan fingerprint density at radius 1 is 1.39 bits per heavy atom. The Morgan fingerprint density at radius 3 is 3.00 bits per heavy atom. The van der Waals surface area contributed by atoms with Gasteiger partial charge in [0, 0.05) is 22.9 Å². The first-order valence-electron chi connectivity index (χ1n) is 5.18. The molecule has 0 amide bonds. The highest BCUT2D eigenvalue weighted by molar-refractivity contribution is 9.10. The van der Waals surface area contributed by atoms with Crippen LogP contribution in [0.5, 0.6) is 0 Å². The number of pyridine rings is 1. The highest BCUT2D eigenvalue weighted by Crippen LogP contribution is 2.29. The lowest BCUT2D eigenvalue weighted by Gasteiger charge is -1.94. The van der Waals surface area contributed by atoms with E-state index in [4.69, 9.17) is 10.2 Å². The molecule has 3 N–H and O–H groups in total. The van der Waals surface area contributed by atoms with Gasteiger partial charge in [0.05, 0.1) is 5.69 Å². The minimum absolute atomic E-state index is 0.155. The second-order valence-corrected chi connectivity index (χ2v) is 4.70. The summed E-state index contributed by atoms with van der Waals surface area (Å²) in [5, 5.41) is 0. The summed E-state index contributed by atoms with van der Waals surface area (Å²) in [6.45, 7) is 0. The van der Waals surface area contributed by atoms with Crippen LogP contribution in [0.1, 0.15) is 0 Å². The van der Waals surface area contributed by atoms with E-state index in [9.17, 15) is 4.79 Å². The van der Waals surface area contributed by atoms with Crippen LogP contribution in [0.2, 0.25) is 0 Å². The van der Waals surface area contributed by atoms with E-state index in [1.54, 1.807) is 24.5 Å². The van der Waals surface area contributed by atoms with E-state index < -0.39 is 0 Å². The number of oxazole rings is 1. The number of H-pyrrole nitrogens is 1. The van der Waals surface area contributed by atoms with E-state index in [1.807, 2.05) is 0 Å². The number of aromatic amines is 1. The Kier molecular flexibility index (Phi) is 2.45. The minimum atomic E-state index is -0.155. The van der Waals surface area contributed by atoms with E-state index in [0.717, 1.165) is 4.47 Å². The number of hydrogen-bond acceptors (Lipinski definition) is 4. The predicted molar refractivity (Wildman–Crippen MR) is 72.2 cm³/mol. The summed E-state index contributed by atoms with van der Waals surface area (Å²) in [5.41, 5.74) is 7.63. The number of nitrogens with one attached hydrogen (secondary N) is 1. The normalized spacial score (nSPS) is 10.9. The van der Waals surface area contributed by atoms with E-state index >= 15 is 0 Å². The lowest BCUT2D eigenvalue weighted by molar-refractivity contribution is 0.620. The van der Waals surface area contributed by atoms with Gasteiger partial charge in [-0.3, -0.25) is 4.79 Å². The van der Waals surface area contributed by atoms with Gasteiger partial charge in [-0.1, -0.05) is 15.9 Å². The number of nitrogens with two attached hydrogens (primary N) is 1. The molecule has 18 heavy (non-hydrogen) atoms. The third-order valence-electron chi connectivity index (χ3n) is 2.54. The van der Waals surface area contributed by atoms with Gasteiger partial charge in [-0.05, 0) is 12.1 Å². The molecule has 0 radical (unpaired) electrons. The Labute approximate surface area is 110 Å². The summed E-state index contributed by atoms with van der Waals surface area (Å²) in [6, 6.07) is 4.94. The van der Waals surface area contributed by atoms with Crippen molar-refractivity contribution >= 4 is 32.7 Å². The van der Waals surface area contributed by atoms with E-state index in [-0.39, 0.29) is 11.3 Å². The van der Waals surface area contributed by atoms with Gasteiger partial charge < -0.3 is 15.1 Å². The van der Waals surface area contributed by atoms with Gasteiger partial charge in [0.15, 0.2) is 11.0 Å². The number of anilines is 1. The number of benzene rings is 1. The molecule has 3 aromatic rings. The number of rotatable bonds is 1. The van der Waals surface area contributed by atoms with Crippen molar-refractivity contribution in [3.8, 4) is 11.5 Å². The van der Waals surface area contributed by atoms with Crippen LogP contribution in [0.25, 0.3) is 22.6 Å². The molecule has 2 heterocycles. The van der Waals surface area contributed by atoms with Crippen molar-refractivity contribution in [2.45, 2.75) is 0 Å². The molecule has 0 bridgehead atoms. The first kappa shape index (κ1) is 11.0. The molecule has 0 fully saturated rings. The summed E-state index contributed by atoms with van der Waals surface area (Å²) in [6.07, 6.45) is 3.11. The zero-order chi connectivity index (χ0) is 12.7. The maximum absolute atomic E-state index is 11.7. The van der Waals surface area contributed by atoms with Crippen LogP contribution in [0.15, 0.2) is 44.3 Å². The third-order valence-corrected chi connectivity index (χ3v) is 3.00. The molecule has 1 aromatic carbocycles. The van der Waals surface area contributed by atoms with E-state index in [0.29, 0.717) is 22.4 Å². The number of aromatic nitrogens is 2. The van der Waals surface area contributed by atoms with Crippen molar-refractivity contribution in [2.24, 2.45) is 0 Å². The average molecular weight is 306 g/mol. The molecule has 0 unspecified atom stereocenters. The van der Waals surface area contributed by atoms with Gasteiger partial charge in [-0.2, -0.15) is 0 Å². The molecular formula is C12H8BrN3O2. The molecular weight excluding hydrogens is 298 g/mol. The van der Waals surface area contributed by atoms with Crippen LogP contribution in [0.3, 0.4) is 0 Å². The topological polar surface area (TPSA) is 84.9 Å². The zero-order valence-corrected chi connectivity index (χ0v) is 10.7. The lowest BCUT2D eigenvalue weighted by Crippen LogP contribution is -2.02. The monoisotopic (exact) mass is 305 g/mol. The average Bonchev–Trinajstić information content (AvgIpc) is 2.73. The smallest absolute Gasteiger partial charge is 0.232 e. The quantitative estimate of drug-likeness (QED) is 0.677. The fourth-order valence-corrected chi connectivity index (χ4v) is 2.18. The summed E-state index contributed by atoms with van der Waals surface area (Å²) >= 11 is 3.33. The Balaban J connectivity index is 2.30. The van der Waals surface area contributed by atoms with Crippen molar-refractivity contribution in [2.75, 3.05) is 5.73 Å². The Bertz CT molecular complexity index is 791. The van der Waals surface area contributed by atoms with Gasteiger partial charge in [-0.25, -0.2) is 4.98 Å². The SMILES string of the molecule is Nc1cc(Br)cc2nc(-c3c[nH]ccc3=O)oc12. The Morgan fingerprint density at radius 2 is 2.22 bits per heavy atom. The number of halogens is 1. The highest BCUT2D eigenvalue weighted by atomic mass is 79.9. The summed E-state index contributed by atoms with van der Waals surface area (Å²) in [5.74, 6) is 0.261. The fraction of sp³-hybridized carbons (Fsp3) is 0. The summed E-state index contributed by atoms with van der Waals surface area (Å²) in [4.78, 5) is 18.8. The molecule has 3 rings (SSSR count). The van der Waals surface area contributed by atoms with Gasteiger partial charge in [0.2, 0.25) is 5.89 Å². The maximum atomic E-state index is 11.7. The molecule has 0 saturated heterocycles. The molecule has 0 aliphatic rings. The van der Waals surface area contributed by atoms with Gasteiger partial charge in [0.1, 0.15) is 11.1 Å². The van der Waals surface area contributed by atoms with Crippen molar-refractivity contribution in [1.29, 1.82) is 0 Å². The van der Waals surface area contributed by atoms with Gasteiger partial charge in [0.25, 0.3) is 0 Å². The molecule has 90 valence electrons. The number of nitrogen functional groups attached to an aromatic ring is 1. The summed E-state index contributed by atoms with van der Waals surface area (Å²) < 4.78 is 6.36. The fourth-order valence-electron chi connectivity index (χ4n) is 1.72. The zero-order valence-electron chi connectivity index (χ0n) is 9.11. The number of fused-ring (bicyclic) bond motifs is 1. The molecule has 0 saturated carbocycles. The van der Waals surface area contributed by atoms with Crippen molar-refractivity contribution in [3.63, 3.8) is 0 Å². The predicted octanol–water partition coefficient (Wildman–Crippen LogP) is 2.53. The lowest BCUT2D eigenvalue weighted by atomic mass is 10.3. The van der Waals surface area contributed by atoms with E-state index in [2.05, 4.69) is 25.9 Å². The van der Waals surface area contributed by atoms with Gasteiger partial charge in [-0.15, -0.1) is 0 Å². The maximum Gasteiger partial charge on any atom is 0.232 e. The molecule has 6 heteroatoms. The Hall–Kier alpha value is -2.08. The molecule has 2 aromatic heterocycles. The first-order chi connectivity index (χ1) is 8.65. The second-order valence-electron chi connectivity index (χ2n) is 3.78. The highest BCUT2D eigenvalue weighted by Gasteiger charge is 2.13.